The number of halogens is 1. The quantitative estimate of drug-likeness (QED) is 0.520. The third-order valence-corrected chi connectivity index (χ3v) is 7.08. The van der Waals surface area contributed by atoms with E-state index in [-0.39, 0.29) is 11.8 Å². The first-order valence-electron chi connectivity index (χ1n) is 11.7. The van der Waals surface area contributed by atoms with Gasteiger partial charge in [0, 0.05) is 45.2 Å². The maximum absolute atomic E-state index is 13.4. The van der Waals surface area contributed by atoms with Crippen LogP contribution in [-0.2, 0) is 4.79 Å². The normalized spacial score (nSPS) is 17.9. The van der Waals surface area contributed by atoms with E-state index < -0.39 is 0 Å². The molecule has 1 amide bonds. The summed E-state index contributed by atoms with van der Waals surface area (Å²) >= 11 is 3.47. The maximum Gasteiger partial charge on any atom is 0.231 e. The van der Waals surface area contributed by atoms with Crippen molar-refractivity contribution in [1.29, 1.82) is 0 Å². The predicted molar refractivity (Wildman–Crippen MR) is 133 cm³/mol. The number of carbonyl (C=O) groups is 1. The lowest BCUT2D eigenvalue weighted by atomic mass is 9.88. The molecule has 32 heavy (non-hydrogen) atoms. The Balaban J connectivity index is 1.38. The van der Waals surface area contributed by atoms with Crippen molar-refractivity contribution in [3.8, 4) is 5.75 Å². The highest BCUT2D eigenvalue weighted by Gasteiger charge is 2.28. The van der Waals surface area contributed by atoms with Gasteiger partial charge in [0.15, 0.2) is 0 Å². The van der Waals surface area contributed by atoms with Gasteiger partial charge in [0.2, 0.25) is 5.91 Å². The Morgan fingerprint density at radius 2 is 1.81 bits per heavy atom. The Morgan fingerprint density at radius 1 is 1.06 bits per heavy atom. The number of amides is 1. The summed E-state index contributed by atoms with van der Waals surface area (Å²) in [6, 6.07) is 14.0. The third-order valence-electron chi connectivity index (χ3n) is 6.64. The molecular weight excluding hydrogens is 468 g/mol. The van der Waals surface area contributed by atoms with Crippen molar-refractivity contribution in [2.75, 3.05) is 56.2 Å². The van der Waals surface area contributed by atoms with Gasteiger partial charge in [-0.25, -0.2) is 4.98 Å². The minimum Gasteiger partial charge on any atom is -0.495 e. The van der Waals surface area contributed by atoms with Crippen molar-refractivity contribution in [1.82, 2.24) is 9.88 Å². The van der Waals surface area contributed by atoms with Gasteiger partial charge in [0.25, 0.3) is 0 Å². The molecule has 172 valence electrons. The van der Waals surface area contributed by atoms with Gasteiger partial charge in [-0.3, -0.25) is 14.6 Å². The summed E-state index contributed by atoms with van der Waals surface area (Å²) in [5.74, 6) is 2.04. The fourth-order valence-electron chi connectivity index (χ4n) is 4.80. The van der Waals surface area contributed by atoms with Gasteiger partial charge in [0.05, 0.1) is 12.8 Å². The molecule has 2 heterocycles. The Bertz CT molecular complexity index is 895. The Labute approximate surface area is 199 Å². The lowest BCUT2D eigenvalue weighted by Gasteiger charge is -2.37. The van der Waals surface area contributed by atoms with E-state index in [1.54, 1.807) is 7.11 Å². The number of para-hydroxylation sites is 2. The van der Waals surface area contributed by atoms with Crippen LogP contribution >= 0.6 is 15.9 Å². The van der Waals surface area contributed by atoms with Gasteiger partial charge in [-0.2, -0.15) is 0 Å². The lowest BCUT2D eigenvalue weighted by Crippen LogP contribution is -2.50. The number of piperazine rings is 1. The van der Waals surface area contributed by atoms with Crippen LogP contribution in [-0.4, -0.2) is 62.2 Å². The van der Waals surface area contributed by atoms with E-state index in [4.69, 9.17) is 4.74 Å². The van der Waals surface area contributed by atoms with Crippen molar-refractivity contribution in [3.63, 3.8) is 0 Å². The van der Waals surface area contributed by atoms with E-state index in [1.807, 2.05) is 35.2 Å². The van der Waals surface area contributed by atoms with E-state index in [0.29, 0.717) is 6.54 Å². The van der Waals surface area contributed by atoms with Crippen LogP contribution in [0, 0.1) is 5.92 Å². The monoisotopic (exact) mass is 500 g/mol. The number of carbonyl (C=O) groups excluding carboxylic acids is 1. The molecule has 0 radical (unpaired) electrons. The van der Waals surface area contributed by atoms with Gasteiger partial charge in [-0.05, 0) is 53.0 Å². The van der Waals surface area contributed by atoms with E-state index in [0.717, 1.165) is 80.3 Å². The molecule has 1 saturated heterocycles. The minimum absolute atomic E-state index is 0.131. The Kier molecular flexibility index (Phi) is 8.03. The number of hydrogen-bond donors (Lipinski definition) is 0. The third kappa shape index (κ3) is 5.62. The predicted octanol–water partition coefficient (Wildman–Crippen LogP) is 4.59. The summed E-state index contributed by atoms with van der Waals surface area (Å²) in [6.07, 6.45) is 5.55. The van der Waals surface area contributed by atoms with E-state index in [2.05, 4.69) is 42.8 Å². The number of nitrogens with zero attached hydrogens (tertiary/aromatic N) is 4. The minimum atomic E-state index is 0.131. The van der Waals surface area contributed by atoms with Crippen molar-refractivity contribution in [3.05, 3.63) is 47.1 Å². The van der Waals surface area contributed by atoms with Crippen LogP contribution in [0.25, 0.3) is 0 Å². The SMILES string of the molecule is COc1ccccc1N1CCN(CCN(C(=O)C2CCCCC2)c2cccc(Br)n2)CC1. The molecule has 2 aromatic rings. The summed E-state index contributed by atoms with van der Waals surface area (Å²) in [5.41, 5.74) is 1.15. The molecule has 7 heteroatoms. The largest absolute Gasteiger partial charge is 0.495 e. The highest BCUT2D eigenvalue weighted by Crippen LogP contribution is 2.29. The number of pyridine rings is 1. The number of anilines is 2. The number of methoxy groups -OCH3 is 1. The van der Waals surface area contributed by atoms with Gasteiger partial charge in [-0.1, -0.05) is 37.5 Å². The zero-order valence-electron chi connectivity index (χ0n) is 18.9. The molecule has 4 rings (SSSR count). The van der Waals surface area contributed by atoms with E-state index in [1.165, 1.54) is 6.42 Å². The Hall–Kier alpha value is -2.12. The number of rotatable bonds is 7. The molecule has 6 nitrogen and oxygen atoms in total. The molecule has 0 bridgehead atoms. The number of benzene rings is 1. The molecular formula is C25H33BrN4O2. The molecule has 0 unspecified atom stereocenters. The summed E-state index contributed by atoms with van der Waals surface area (Å²) in [6.45, 7) is 5.36. The molecule has 1 aliphatic heterocycles. The second-order valence-corrected chi connectivity index (χ2v) is 9.46. The van der Waals surface area contributed by atoms with Crippen LogP contribution in [0.4, 0.5) is 11.5 Å². The van der Waals surface area contributed by atoms with Crippen LogP contribution in [0.3, 0.4) is 0 Å². The topological polar surface area (TPSA) is 48.9 Å². The second-order valence-electron chi connectivity index (χ2n) is 8.64. The first-order chi connectivity index (χ1) is 15.7. The maximum atomic E-state index is 13.4. The van der Waals surface area contributed by atoms with Gasteiger partial charge >= 0.3 is 0 Å². The highest BCUT2D eigenvalue weighted by atomic mass is 79.9. The van der Waals surface area contributed by atoms with Crippen molar-refractivity contribution in [2.24, 2.45) is 5.92 Å². The van der Waals surface area contributed by atoms with Gasteiger partial charge in [0.1, 0.15) is 16.2 Å². The fraction of sp³-hybridized carbons (Fsp3) is 0.520. The standard InChI is InChI=1S/C25H33BrN4O2/c1-32-22-11-6-5-10-21(22)29-17-14-28(15-18-29)16-19-30(24-13-7-12-23(26)27-24)25(31)20-8-3-2-4-9-20/h5-7,10-13,20H,2-4,8-9,14-19H2,1H3. The van der Waals surface area contributed by atoms with Crippen LogP contribution in [0.2, 0.25) is 0 Å². The van der Waals surface area contributed by atoms with Crippen LogP contribution in [0.15, 0.2) is 47.1 Å². The zero-order valence-corrected chi connectivity index (χ0v) is 20.5. The van der Waals surface area contributed by atoms with Gasteiger partial charge < -0.3 is 9.64 Å². The average Bonchev–Trinajstić information content (AvgIpc) is 2.85. The summed E-state index contributed by atoms with van der Waals surface area (Å²) in [4.78, 5) is 24.8. The lowest BCUT2D eigenvalue weighted by molar-refractivity contribution is -0.123. The fourth-order valence-corrected chi connectivity index (χ4v) is 5.13. The molecule has 0 atom stereocenters. The summed E-state index contributed by atoms with van der Waals surface area (Å²) in [5, 5.41) is 0. The zero-order chi connectivity index (χ0) is 22.3. The molecule has 1 aliphatic carbocycles. The van der Waals surface area contributed by atoms with Crippen molar-refractivity contribution >= 4 is 33.3 Å². The average molecular weight is 501 g/mol. The molecule has 0 N–H and O–H groups in total. The Morgan fingerprint density at radius 3 is 2.53 bits per heavy atom. The number of hydrogen-bond acceptors (Lipinski definition) is 5. The number of aromatic nitrogens is 1. The van der Waals surface area contributed by atoms with Crippen molar-refractivity contribution < 1.29 is 9.53 Å². The first-order valence-corrected chi connectivity index (χ1v) is 12.5. The molecule has 0 spiro atoms. The molecule has 2 aliphatic rings. The second kappa shape index (κ2) is 11.1. The number of ether oxygens (including phenoxy) is 1. The summed E-state index contributed by atoms with van der Waals surface area (Å²) in [7, 11) is 1.73. The van der Waals surface area contributed by atoms with Crippen LogP contribution < -0.4 is 14.5 Å². The molecule has 1 saturated carbocycles. The van der Waals surface area contributed by atoms with Crippen molar-refractivity contribution in [2.45, 2.75) is 32.1 Å². The van der Waals surface area contributed by atoms with Gasteiger partial charge in [-0.15, -0.1) is 0 Å². The van der Waals surface area contributed by atoms with E-state index >= 15 is 0 Å². The van der Waals surface area contributed by atoms with E-state index in [9.17, 15) is 4.79 Å². The van der Waals surface area contributed by atoms with Crippen LogP contribution in [0.5, 0.6) is 5.75 Å². The highest BCUT2D eigenvalue weighted by molar-refractivity contribution is 9.10. The molecule has 1 aromatic heterocycles. The molecule has 1 aromatic carbocycles. The first kappa shape index (κ1) is 23.1. The summed E-state index contributed by atoms with van der Waals surface area (Å²) < 4.78 is 6.30. The van der Waals surface area contributed by atoms with Crippen LogP contribution in [0.1, 0.15) is 32.1 Å². The smallest absolute Gasteiger partial charge is 0.231 e. The molecule has 2 fully saturated rings.